The first-order chi connectivity index (χ1) is 14.8. The van der Waals surface area contributed by atoms with E-state index >= 15 is 0 Å². The molecule has 1 heterocycles. The molecule has 0 saturated carbocycles. The molecule has 9 heteroatoms. The van der Waals surface area contributed by atoms with E-state index in [1.807, 2.05) is 12.1 Å². The summed E-state index contributed by atoms with van der Waals surface area (Å²) in [6.45, 7) is 1.77. The van der Waals surface area contributed by atoms with Crippen LogP contribution in [0.1, 0.15) is 19.8 Å². The van der Waals surface area contributed by atoms with Gasteiger partial charge in [0.1, 0.15) is 5.82 Å². The van der Waals surface area contributed by atoms with E-state index in [9.17, 15) is 19.5 Å². The van der Waals surface area contributed by atoms with E-state index < -0.39 is 23.1 Å². The smallest absolute Gasteiger partial charge is 0.307 e. The summed E-state index contributed by atoms with van der Waals surface area (Å²) in [5.74, 6) is -2.43. The Kier molecular flexibility index (Phi) is 7.70. The van der Waals surface area contributed by atoms with Gasteiger partial charge in [0.05, 0.1) is 22.1 Å². The van der Waals surface area contributed by atoms with E-state index in [0.29, 0.717) is 29.4 Å². The minimum absolute atomic E-state index is 0.215. The Morgan fingerprint density at radius 1 is 1.13 bits per heavy atom. The topological polar surface area (TPSA) is 108 Å². The van der Waals surface area contributed by atoms with Gasteiger partial charge in [-0.25, -0.2) is 4.98 Å². The highest BCUT2D eigenvalue weighted by Crippen LogP contribution is 2.29. The Bertz CT molecular complexity index is 997. The molecule has 162 valence electrons. The number of allylic oxidation sites excluding steroid dienone is 2. The van der Waals surface area contributed by atoms with Gasteiger partial charge in [-0.2, -0.15) is 0 Å². The number of carbonyl (C=O) groups excluding carboxylic acids is 2. The standard InChI is InChI=1S/C22H22ClN3O4S/c1-13(20(27)26-19-10-9-14(23)12-24-19)31-16-6-4-5-15(11-16)25-21(28)17-7-2-3-8-18(17)22(29)30/h2-6,9-13,17-18H,7-8H2,1H3,(H,25,28)(H,29,30)(H,24,26,27). The highest BCUT2D eigenvalue weighted by Gasteiger charge is 2.34. The normalized spacial score (nSPS) is 18.8. The van der Waals surface area contributed by atoms with Crippen LogP contribution in [0.4, 0.5) is 11.5 Å². The predicted octanol–water partition coefficient (Wildman–Crippen LogP) is 4.46. The minimum Gasteiger partial charge on any atom is -0.481 e. The average Bonchev–Trinajstić information content (AvgIpc) is 2.75. The van der Waals surface area contributed by atoms with E-state index in [4.69, 9.17) is 11.6 Å². The van der Waals surface area contributed by atoms with Crippen LogP contribution in [-0.2, 0) is 14.4 Å². The largest absolute Gasteiger partial charge is 0.481 e. The van der Waals surface area contributed by atoms with Crippen molar-refractivity contribution in [2.75, 3.05) is 10.6 Å². The fourth-order valence-corrected chi connectivity index (χ4v) is 4.23. The van der Waals surface area contributed by atoms with E-state index in [-0.39, 0.29) is 11.8 Å². The quantitative estimate of drug-likeness (QED) is 0.416. The number of pyridine rings is 1. The molecule has 0 radical (unpaired) electrons. The van der Waals surface area contributed by atoms with Crippen molar-refractivity contribution in [2.45, 2.75) is 29.9 Å². The summed E-state index contributed by atoms with van der Waals surface area (Å²) in [5, 5.41) is 15.0. The molecule has 31 heavy (non-hydrogen) atoms. The monoisotopic (exact) mass is 459 g/mol. The van der Waals surface area contributed by atoms with Gasteiger partial charge in [-0.1, -0.05) is 29.8 Å². The number of carboxylic acid groups (broad SMARTS) is 1. The van der Waals surface area contributed by atoms with Gasteiger partial charge in [0.2, 0.25) is 11.8 Å². The van der Waals surface area contributed by atoms with Gasteiger partial charge in [0, 0.05) is 16.8 Å². The second kappa shape index (κ2) is 10.5. The van der Waals surface area contributed by atoms with Crippen LogP contribution in [0.25, 0.3) is 0 Å². The zero-order valence-corrected chi connectivity index (χ0v) is 18.3. The molecule has 3 atom stereocenters. The van der Waals surface area contributed by atoms with Gasteiger partial charge in [-0.3, -0.25) is 14.4 Å². The lowest BCUT2D eigenvalue weighted by atomic mass is 9.82. The Morgan fingerprint density at radius 2 is 1.87 bits per heavy atom. The summed E-state index contributed by atoms with van der Waals surface area (Å²) >= 11 is 7.13. The van der Waals surface area contributed by atoms with E-state index in [2.05, 4.69) is 15.6 Å². The summed E-state index contributed by atoms with van der Waals surface area (Å²) in [5.41, 5.74) is 0.556. The van der Waals surface area contributed by atoms with Crippen LogP contribution >= 0.6 is 23.4 Å². The Hall–Kier alpha value is -2.84. The number of hydrogen-bond acceptors (Lipinski definition) is 5. The molecular formula is C22H22ClN3O4S. The number of nitrogens with zero attached hydrogens (tertiary/aromatic N) is 1. The van der Waals surface area contributed by atoms with Crippen LogP contribution in [-0.4, -0.2) is 33.1 Å². The maximum absolute atomic E-state index is 12.7. The summed E-state index contributed by atoms with van der Waals surface area (Å²) in [6.07, 6.45) is 5.83. The number of carboxylic acids is 1. The molecule has 7 nitrogen and oxygen atoms in total. The molecule has 2 amide bonds. The second-order valence-electron chi connectivity index (χ2n) is 7.12. The van der Waals surface area contributed by atoms with Crippen LogP contribution in [0.15, 0.2) is 59.6 Å². The Balaban J connectivity index is 1.61. The molecule has 2 aromatic rings. The number of rotatable bonds is 7. The number of hydrogen-bond donors (Lipinski definition) is 3. The van der Waals surface area contributed by atoms with E-state index in [0.717, 1.165) is 4.90 Å². The molecule has 1 aliphatic rings. The van der Waals surface area contributed by atoms with E-state index in [1.165, 1.54) is 18.0 Å². The number of aliphatic carboxylic acids is 1. The Morgan fingerprint density at radius 3 is 2.55 bits per heavy atom. The maximum Gasteiger partial charge on any atom is 0.307 e. The van der Waals surface area contributed by atoms with Gasteiger partial charge in [-0.15, -0.1) is 11.8 Å². The molecule has 0 saturated heterocycles. The lowest BCUT2D eigenvalue weighted by molar-refractivity contribution is -0.146. The third-order valence-corrected chi connectivity index (χ3v) is 6.17. The van der Waals surface area contributed by atoms with Crippen molar-refractivity contribution >= 4 is 52.7 Å². The SMILES string of the molecule is CC(Sc1cccc(NC(=O)C2CC=CCC2C(=O)O)c1)C(=O)Nc1ccc(Cl)cn1. The molecule has 3 N–H and O–H groups in total. The number of benzene rings is 1. The highest BCUT2D eigenvalue weighted by atomic mass is 35.5. The van der Waals surface area contributed by atoms with Gasteiger partial charge in [0.25, 0.3) is 0 Å². The Labute approximate surface area is 189 Å². The van der Waals surface area contributed by atoms with Crippen molar-refractivity contribution in [3.05, 3.63) is 59.8 Å². The van der Waals surface area contributed by atoms with Crippen molar-refractivity contribution < 1.29 is 19.5 Å². The lowest BCUT2D eigenvalue weighted by Crippen LogP contribution is -2.34. The van der Waals surface area contributed by atoms with Gasteiger partial charge >= 0.3 is 5.97 Å². The second-order valence-corrected chi connectivity index (χ2v) is 8.97. The fraction of sp³-hybridized carbons (Fsp3) is 0.273. The zero-order chi connectivity index (χ0) is 22.4. The van der Waals surface area contributed by atoms with Crippen LogP contribution < -0.4 is 10.6 Å². The molecular weight excluding hydrogens is 438 g/mol. The first kappa shape index (κ1) is 22.8. The number of carbonyl (C=O) groups is 3. The highest BCUT2D eigenvalue weighted by molar-refractivity contribution is 8.00. The summed E-state index contributed by atoms with van der Waals surface area (Å²) in [6, 6.07) is 10.4. The zero-order valence-electron chi connectivity index (χ0n) is 16.7. The molecule has 3 unspecified atom stereocenters. The number of anilines is 2. The van der Waals surface area contributed by atoms with Crippen LogP contribution in [0, 0.1) is 11.8 Å². The number of aromatic nitrogens is 1. The summed E-state index contributed by atoms with van der Waals surface area (Å²) in [7, 11) is 0. The predicted molar refractivity (Wildman–Crippen MR) is 121 cm³/mol. The molecule has 0 fully saturated rings. The molecule has 1 aromatic carbocycles. The minimum atomic E-state index is -0.969. The molecule has 0 spiro atoms. The molecule has 3 rings (SSSR count). The van der Waals surface area contributed by atoms with Crippen molar-refractivity contribution in [2.24, 2.45) is 11.8 Å². The first-order valence-electron chi connectivity index (χ1n) is 9.71. The number of halogens is 1. The van der Waals surface area contributed by atoms with E-state index in [1.54, 1.807) is 43.3 Å². The number of amides is 2. The third kappa shape index (κ3) is 6.32. The first-order valence-corrected chi connectivity index (χ1v) is 11.0. The molecule has 0 bridgehead atoms. The average molecular weight is 460 g/mol. The van der Waals surface area contributed by atoms with Crippen molar-refractivity contribution in [1.29, 1.82) is 0 Å². The lowest BCUT2D eigenvalue weighted by Gasteiger charge is -2.24. The van der Waals surface area contributed by atoms with Gasteiger partial charge in [-0.05, 0) is 50.1 Å². The molecule has 1 aromatic heterocycles. The number of nitrogens with one attached hydrogen (secondary N) is 2. The van der Waals surface area contributed by atoms with Crippen molar-refractivity contribution in [3.8, 4) is 0 Å². The van der Waals surface area contributed by atoms with Gasteiger partial charge < -0.3 is 15.7 Å². The third-order valence-electron chi connectivity index (χ3n) is 4.85. The summed E-state index contributed by atoms with van der Waals surface area (Å²) < 4.78 is 0. The summed E-state index contributed by atoms with van der Waals surface area (Å²) in [4.78, 5) is 41.4. The van der Waals surface area contributed by atoms with Crippen LogP contribution in [0.3, 0.4) is 0 Å². The van der Waals surface area contributed by atoms with Gasteiger partial charge in [0.15, 0.2) is 0 Å². The van der Waals surface area contributed by atoms with Crippen molar-refractivity contribution in [1.82, 2.24) is 4.98 Å². The maximum atomic E-state index is 12.7. The van der Waals surface area contributed by atoms with Crippen LogP contribution in [0.2, 0.25) is 5.02 Å². The number of thioether (sulfide) groups is 1. The molecule has 1 aliphatic carbocycles. The van der Waals surface area contributed by atoms with Crippen molar-refractivity contribution in [3.63, 3.8) is 0 Å². The molecule has 0 aliphatic heterocycles. The van der Waals surface area contributed by atoms with Crippen LogP contribution in [0.5, 0.6) is 0 Å². The fourth-order valence-electron chi connectivity index (χ4n) is 3.19.